The number of pyridine rings is 1. The van der Waals surface area contributed by atoms with Crippen molar-refractivity contribution in [2.75, 3.05) is 6.54 Å². The van der Waals surface area contributed by atoms with E-state index < -0.39 is 0 Å². The van der Waals surface area contributed by atoms with Gasteiger partial charge < -0.3 is 5.73 Å². The molecule has 0 unspecified atom stereocenters. The summed E-state index contributed by atoms with van der Waals surface area (Å²) in [5.41, 5.74) is 8.57. The van der Waals surface area contributed by atoms with Crippen molar-refractivity contribution in [1.29, 1.82) is 0 Å². The third-order valence-corrected chi connectivity index (χ3v) is 3.08. The van der Waals surface area contributed by atoms with E-state index in [4.69, 9.17) is 17.3 Å². The molecular formula is C13H12ClN3. The molecule has 86 valence electrons. The molecule has 0 amide bonds. The third kappa shape index (κ3) is 1.77. The average molecular weight is 246 g/mol. The minimum atomic E-state index is 0.614. The smallest absolute Gasteiger partial charge is 0.137 e. The van der Waals surface area contributed by atoms with Gasteiger partial charge in [-0.3, -0.25) is 4.40 Å². The summed E-state index contributed by atoms with van der Waals surface area (Å²) in [6.45, 7) is 0.614. The van der Waals surface area contributed by atoms with Crippen LogP contribution in [0, 0.1) is 0 Å². The lowest BCUT2D eigenvalue weighted by atomic mass is 10.2. The van der Waals surface area contributed by atoms with Crippen molar-refractivity contribution in [3.8, 4) is 0 Å². The van der Waals surface area contributed by atoms with Crippen LogP contribution in [0.2, 0.25) is 5.02 Å². The van der Waals surface area contributed by atoms with Crippen LogP contribution in [0.3, 0.4) is 0 Å². The highest BCUT2D eigenvalue weighted by molar-refractivity contribution is 6.31. The Balaban J connectivity index is 2.33. The van der Waals surface area contributed by atoms with Crippen LogP contribution in [0.5, 0.6) is 0 Å². The molecule has 0 fully saturated rings. The SMILES string of the molecule is NCCc1cn2c(ccc3ccc(Cl)cc32)n1. The molecular weight excluding hydrogens is 234 g/mol. The predicted molar refractivity (Wildman–Crippen MR) is 70.5 cm³/mol. The normalized spacial score (nSPS) is 11.4. The van der Waals surface area contributed by atoms with Crippen molar-refractivity contribution in [1.82, 2.24) is 9.38 Å². The van der Waals surface area contributed by atoms with Gasteiger partial charge in [0.05, 0.1) is 11.2 Å². The summed E-state index contributed by atoms with van der Waals surface area (Å²) in [6, 6.07) is 9.93. The van der Waals surface area contributed by atoms with Crippen LogP contribution >= 0.6 is 11.6 Å². The quantitative estimate of drug-likeness (QED) is 0.754. The van der Waals surface area contributed by atoms with Gasteiger partial charge in [-0.1, -0.05) is 17.7 Å². The van der Waals surface area contributed by atoms with Crippen molar-refractivity contribution < 1.29 is 0 Å². The molecule has 2 aromatic heterocycles. The minimum Gasteiger partial charge on any atom is -0.330 e. The molecule has 0 aliphatic heterocycles. The zero-order valence-electron chi connectivity index (χ0n) is 9.23. The van der Waals surface area contributed by atoms with Crippen LogP contribution in [-0.2, 0) is 6.42 Å². The molecule has 0 spiro atoms. The Bertz CT molecular complexity index is 688. The highest BCUT2D eigenvalue weighted by Gasteiger charge is 2.04. The Labute approximate surface area is 104 Å². The Morgan fingerprint density at radius 1 is 1.24 bits per heavy atom. The Morgan fingerprint density at radius 3 is 2.88 bits per heavy atom. The van der Waals surface area contributed by atoms with Crippen LogP contribution in [0.1, 0.15) is 5.69 Å². The number of rotatable bonds is 2. The van der Waals surface area contributed by atoms with Crippen molar-refractivity contribution >= 4 is 28.2 Å². The van der Waals surface area contributed by atoms with Gasteiger partial charge in [-0.05, 0) is 36.2 Å². The molecule has 0 radical (unpaired) electrons. The second-order valence-electron chi connectivity index (χ2n) is 4.04. The van der Waals surface area contributed by atoms with E-state index in [1.807, 2.05) is 30.5 Å². The minimum absolute atomic E-state index is 0.614. The van der Waals surface area contributed by atoms with E-state index in [1.165, 1.54) is 0 Å². The number of aromatic nitrogens is 2. The number of hydrogen-bond donors (Lipinski definition) is 1. The zero-order chi connectivity index (χ0) is 11.8. The highest BCUT2D eigenvalue weighted by Crippen LogP contribution is 2.21. The predicted octanol–water partition coefficient (Wildman–Crippen LogP) is 2.64. The lowest BCUT2D eigenvalue weighted by Gasteiger charge is -2.01. The maximum absolute atomic E-state index is 6.03. The summed E-state index contributed by atoms with van der Waals surface area (Å²) in [5.74, 6) is 0. The van der Waals surface area contributed by atoms with Crippen LogP contribution in [0.25, 0.3) is 16.6 Å². The lowest BCUT2D eigenvalue weighted by Crippen LogP contribution is -2.02. The van der Waals surface area contributed by atoms with Crippen molar-refractivity contribution in [2.24, 2.45) is 5.73 Å². The Kier molecular flexibility index (Phi) is 2.50. The number of hydrogen-bond acceptors (Lipinski definition) is 2. The lowest BCUT2D eigenvalue weighted by molar-refractivity contribution is 0.937. The van der Waals surface area contributed by atoms with Gasteiger partial charge in [-0.25, -0.2) is 4.98 Å². The van der Waals surface area contributed by atoms with E-state index >= 15 is 0 Å². The largest absolute Gasteiger partial charge is 0.330 e. The fourth-order valence-electron chi connectivity index (χ4n) is 2.05. The van der Waals surface area contributed by atoms with Crippen molar-refractivity contribution in [3.05, 3.63) is 47.2 Å². The van der Waals surface area contributed by atoms with Gasteiger partial charge >= 0.3 is 0 Å². The van der Waals surface area contributed by atoms with Crippen LogP contribution < -0.4 is 5.73 Å². The Hall–Kier alpha value is -1.58. The van der Waals surface area contributed by atoms with Gasteiger partial charge in [0, 0.05) is 17.6 Å². The van der Waals surface area contributed by atoms with E-state index in [9.17, 15) is 0 Å². The second kappa shape index (κ2) is 4.02. The number of benzene rings is 1. The standard InChI is InChI=1S/C13H12ClN3/c14-10-3-1-9-2-4-13-16-11(5-6-15)8-17(13)12(9)7-10/h1-4,7-8H,5-6,15H2. The Morgan fingerprint density at radius 2 is 2.06 bits per heavy atom. The summed E-state index contributed by atoms with van der Waals surface area (Å²) in [6.07, 6.45) is 2.82. The summed E-state index contributed by atoms with van der Waals surface area (Å²) >= 11 is 6.03. The number of halogens is 1. The molecule has 0 atom stereocenters. The van der Waals surface area contributed by atoms with Gasteiger partial charge in [0.25, 0.3) is 0 Å². The first-order chi connectivity index (χ1) is 8.28. The van der Waals surface area contributed by atoms with Crippen LogP contribution in [0.4, 0.5) is 0 Å². The van der Waals surface area contributed by atoms with E-state index in [0.29, 0.717) is 6.54 Å². The third-order valence-electron chi connectivity index (χ3n) is 2.85. The van der Waals surface area contributed by atoms with Gasteiger partial charge in [0.1, 0.15) is 5.65 Å². The fraction of sp³-hybridized carbons (Fsp3) is 0.154. The van der Waals surface area contributed by atoms with Gasteiger partial charge in [-0.15, -0.1) is 0 Å². The molecule has 0 aliphatic rings. The summed E-state index contributed by atoms with van der Waals surface area (Å²) < 4.78 is 2.06. The summed E-state index contributed by atoms with van der Waals surface area (Å²) in [7, 11) is 0. The molecule has 2 heterocycles. The van der Waals surface area contributed by atoms with Crippen molar-refractivity contribution in [3.63, 3.8) is 0 Å². The molecule has 3 nitrogen and oxygen atoms in total. The summed E-state index contributed by atoms with van der Waals surface area (Å²) in [5, 5.41) is 1.89. The van der Waals surface area contributed by atoms with Crippen LogP contribution in [-0.4, -0.2) is 15.9 Å². The molecule has 0 aliphatic carbocycles. The highest BCUT2D eigenvalue weighted by atomic mass is 35.5. The maximum atomic E-state index is 6.03. The first-order valence-corrected chi connectivity index (χ1v) is 5.92. The van der Waals surface area contributed by atoms with Gasteiger partial charge in [0.2, 0.25) is 0 Å². The number of fused-ring (bicyclic) bond motifs is 3. The molecule has 3 aromatic rings. The number of imidazole rings is 1. The topological polar surface area (TPSA) is 43.3 Å². The zero-order valence-corrected chi connectivity index (χ0v) is 9.98. The fourth-order valence-corrected chi connectivity index (χ4v) is 2.22. The first kappa shape index (κ1) is 10.6. The van der Waals surface area contributed by atoms with E-state index in [1.54, 1.807) is 0 Å². The van der Waals surface area contributed by atoms with Crippen molar-refractivity contribution in [2.45, 2.75) is 6.42 Å². The number of nitrogens with two attached hydrogens (primary N) is 1. The monoisotopic (exact) mass is 245 g/mol. The van der Waals surface area contributed by atoms with E-state index in [-0.39, 0.29) is 0 Å². The van der Waals surface area contributed by atoms with Crippen LogP contribution in [0.15, 0.2) is 36.5 Å². The molecule has 0 saturated heterocycles. The van der Waals surface area contributed by atoms with Gasteiger partial charge in [0.15, 0.2) is 0 Å². The number of nitrogens with zero attached hydrogens (tertiary/aromatic N) is 2. The molecule has 4 heteroatoms. The summed E-state index contributed by atoms with van der Waals surface area (Å²) in [4.78, 5) is 4.52. The average Bonchev–Trinajstić information content (AvgIpc) is 2.72. The van der Waals surface area contributed by atoms with Gasteiger partial charge in [-0.2, -0.15) is 0 Å². The van der Waals surface area contributed by atoms with E-state index in [0.717, 1.165) is 33.7 Å². The van der Waals surface area contributed by atoms with E-state index in [2.05, 4.69) is 15.5 Å². The second-order valence-corrected chi connectivity index (χ2v) is 4.47. The molecule has 17 heavy (non-hydrogen) atoms. The molecule has 2 N–H and O–H groups in total. The molecule has 3 rings (SSSR count). The molecule has 0 bridgehead atoms. The molecule has 1 aromatic carbocycles. The first-order valence-electron chi connectivity index (χ1n) is 5.54. The molecule has 0 saturated carbocycles. The maximum Gasteiger partial charge on any atom is 0.137 e.